The van der Waals surface area contributed by atoms with Gasteiger partial charge in [-0.15, -0.1) is 0 Å². The first-order chi connectivity index (χ1) is 17.0. The summed E-state index contributed by atoms with van der Waals surface area (Å²) in [4.78, 5) is 0. The van der Waals surface area contributed by atoms with Crippen molar-refractivity contribution in [2.24, 2.45) is 86.6 Å². The average Bonchev–Trinajstić information content (AvgIpc) is 2.57. The van der Waals surface area contributed by atoms with Crippen LogP contribution in [0.3, 0.4) is 0 Å². The zero-order chi connectivity index (χ0) is 32.0. The van der Waals surface area contributed by atoms with Crippen LogP contribution < -0.4 is 0 Å². The lowest BCUT2D eigenvalue weighted by atomic mass is 8.62. The van der Waals surface area contributed by atoms with Gasteiger partial charge in [-0.1, -0.05) is 166 Å². The van der Waals surface area contributed by atoms with Gasteiger partial charge in [0.25, 0.3) is 0 Å². The highest BCUT2D eigenvalue weighted by molar-refractivity contribution is 5.85. The predicted octanol–water partition coefficient (Wildman–Crippen LogP) is 12.3. The highest BCUT2D eigenvalue weighted by Gasteiger charge is 3.41. The molecule has 0 heteroatoms. The summed E-state index contributed by atoms with van der Waals surface area (Å²) >= 11 is 0. The SMILES string of the molecule is CC(C)(C)C12C3(C(C)(C)C)C4(C(C)(C)C)C1(C(C)(C)C)C1(C(C)(C)C)C2(C(C)(C)C)C3(C(C)(C)C)C41C(C)(C)C. The molecule has 0 spiro atoms. The molecule has 0 aromatic rings. The lowest BCUT2D eigenvalue weighted by Gasteiger charge is -3.40. The summed E-state index contributed by atoms with van der Waals surface area (Å²) in [5.41, 5.74) is 3.44. The molecule has 6 aliphatic rings. The monoisotopic (exact) mass is 553 g/mol. The Labute approximate surface area is 252 Å². The van der Waals surface area contributed by atoms with Crippen LogP contribution in [0.25, 0.3) is 0 Å². The van der Waals surface area contributed by atoms with Gasteiger partial charge in [-0.25, -0.2) is 0 Å². The van der Waals surface area contributed by atoms with E-state index in [4.69, 9.17) is 0 Å². The van der Waals surface area contributed by atoms with Crippen molar-refractivity contribution in [1.29, 1.82) is 0 Å². The first kappa shape index (κ1) is 31.4. The van der Waals surface area contributed by atoms with Crippen LogP contribution in [-0.4, -0.2) is 0 Å². The summed E-state index contributed by atoms with van der Waals surface area (Å²) in [6.45, 7) is 64.6. The highest BCUT2D eigenvalue weighted by atomic mass is 15.4. The molecule has 0 amide bonds. The van der Waals surface area contributed by atoms with Gasteiger partial charge in [0.1, 0.15) is 0 Å². The van der Waals surface area contributed by atoms with E-state index >= 15 is 0 Å². The molecule has 0 aromatic heterocycles. The van der Waals surface area contributed by atoms with Gasteiger partial charge in [0, 0.05) is 0 Å². The first-order valence-corrected chi connectivity index (χ1v) is 17.0. The molecule has 0 aromatic carbocycles. The molecule has 0 heterocycles. The molecule has 6 saturated carbocycles. The molecule has 232 valence electrons. The standard InChI is InChI=1S/C40H72/c1-25(2,3)33-34(26(4,5)6)37(29(13,14)15)35(33,27(7,8)9)39(31(19,20)21)36(33,28(10,11)12)38(34,30(16,17)18)40(37,39)32(22,23)24/h1-24H3. The maximum absolute atomic E-state index is 2.69. The molecule has 0 saturated heterocycles. The molecule has 6 rings (SSSR count). The lowest BCUT2D eigenvalue weighted by molar-refractivity contribution is -0.960. The van der Waals surface area contributed by atoms with Gasteiger partial charge in [0.2, 0.25) is 0 Å². The zero-order valence-corrected chi connectivity index (χ0v) is 32.0. The van der Waals surface area contributed by atoms with E-state index in [1.54, 1.807) is 0 Å². The third-order valence-corrected chi connectivity index (χ3v) is 15.8. The molecule has 0 bridgehead atoms. The van der Waals surface area contributed by atoms with Crippen molar-refractivity contribution in [2.75, 3.05) is 0 Å². The summed E-state index contributed by atoms with van der Waals surface area (Å²) in [5, 5.41) is 0. The molecule has 40 heavy (non-hydrogen) atoms. The quantitative estimate of drug-likeness (QED) is 0.280. The van der Waals surface area contributed by atoms with Gasteiger partial charge in [0.15, 0.2) is 0 Å². The van der Waals surface area contributed by atoms with Crippen LogP contribution in [0, 0.1) is 86.6 Å². The smallest absolute Gasteiger partial charge is 0.00288 e. The Morgan fingerprint density at radius 2 is 0.200 bits per heavy atom. The van der Waals surface area contributed by atoms with Gasteiger partial charge < -0.3 is 0 Å². The maximum atomic E-state index is 2.69. The molecule has 0 radical (unpaired) electrons. The van der Waals surface area contributed by atoms with Gasteiger partial charge in [0.05, 0.1) is 0 Å². The third-order valence-electron chi connectivity index (χ3n) is 15.8. The zero-order valence-electron chi connectivity index (χ0n) is 32.0. The Morgan fingerprint density at radius 3 is 0.225 bits per heavy atom. The Balaban J connectivity index is 2.27. The van der Waals surface area contributed by atoms with Crippen molar-refractivity contribution in [3.8, 4) is 0 Å². The molecule has 6 aliphatic carbocycles. The molecule has 0 atom stereocenters. The molecule has 0 aliphatic heterocycles. The highest BCUT2D eigenvalue weighted by Crippen LogP contribution is 3.42. The predicted molar refractivity (Wildman–Crippen MR) is 175 cm³/mol. The van der Waals surface area contributed by atoms with Crippen LogP contribution in [0.5, 0.6) is 0 Å². The van der Waals surface area contributed by atoms with Crippen LogP contribution in [0.1, 0.15) is 166 Å². The summed E-state index contributed by atoms with van der Waals surface area (Å²) in [7, 11) is 0. The fourth-order valence-corrected chi connectivity index (χ4v) is 19.9. The van der Waals surface area contributed by atoms with Crippen molar-refractivity contribution >= 4 is 0 Å². The molecule has 0 unspecified atom stereocenters. The summed E-state index contributed by atoms with van der Waals surface area (Å²) < 4.78 is 0. The normalized spacial score (nSPS) is 49.8. The minimum absolute atomic E-state index is 0.184. The Bertz CT molecular complexity index is 824. The third kappa shape index (κ3) is 1.61. The summed E-state index contributed by atoms with van der Waals surface area (Å²) in [6.07, 6.45) is 0. The Kier molecular flexibility index (Phi) is 4.80. The van der Waals surface area contributed by atoms with E-state index in [1.807, 2.05) is 0 Å². The van der Waals surface area contributed by atoms with E-state index in [0.29, 0.717) is 0 Å². The van der Waals surface area contributed by atoms with Gasteiger partial charge in [-0.3, -0.25) is 0 Å². The van der Waals surface area contributed by atoms with Gasteiger partial charge in [-0.05, 0) is 86.6 Å². The maximum Gasteiger partial charge on any atom is -0.00288 e. The first-order valence-electron chi connectivity index (χ1n) is 17.0. The minimum Gasteiger partial charge on any atom is -0.0596 e. The fourth-order valence-electron chi connectivity index (χ4n) is 19.9. The molecule has 6 fully saturated rings. The van der Waals surface area contributed by atoms with E-state index in [9.17, 15) is 0 Å². The van der Waals surface area contributed by atoms with Crippen molar-refractivity contribution in [3.63, 3.8) is 0 Å². The van der Waals surface area contributed by atoms with Crippen molar-refractivity contribution < 1.29 is 0 Å². The second-order valence-electron chi connectivity index (χ2n) is 24.0. The van der Waals surface area contributed by atoms with Crippen LogP contribution >= 0.6 is 0 Å². The van der Waals surface area contributed by atoms with E-state index in [1.165, 1.54) is 0 Å². The number of hydrogen-bond acceptors (Lipinski definition) is 0. The Hall–Kier alpha value is 0. The van der Waals surface area contributed by atoms with E-state index < -0.39 is 0 Å². The molecular formula is C40H72. The molecular weight excluding hydrogens is 480 g/mol. The van der Waals surface area contributed by atoms with Gasteiger partial charge >= 0.3 is 0 Å². The van der Waals surface area contributed by atoms with E-state index in [-0.39, 0.29) is 86.6 Å². The fraction of sp³-hybridized carbons (Fsp3) is 1.00. The summed E-state index contributed by atoms with van der Waals surface area (Å²) in [6, 6.07) is 0. The molecule has 0 nitrogen and oxygen atoms in total. The van der Waals surface area contributed by atoms with Crippen LogP contribution in [0.15, 0.2) is 0 Å². The average molecular weight is 553 g/mol. The van der Waals surface area contributed by atoms with Crippen LogP contribution in [0.2, 0.25) is 0 Å². The van der Waals surface area contributed by atoms with Gasteiger partial charge in [-0.2, -0.15) is 0 Å². The summed E-state index contributed by atoms with van der Waals surface area (Å²) in [5.74, 6) is 0. The second kappa shape index (κ2) is 6.11. The van der Waals surface area contributed by atoms with E-state index in [2.05, 4.69) is 166 Å². The Morgan fingerprint density at radius 1 is 0.150 bits per heavy atom. The van der Waals surface area contributed by atoms with Crippen LogP contribution in [-0.2, 0) is 0 Å². The van der Waals surface area contributed by atoms with Crippen molar-refractivity contribution in [3.05, 3.63) is 0 Å². The van der Waals surface area contributed by atoms with E-state index in [0.717, 1.165) is 0 Å². The topological polar surface area (TPSA) is 0 Å². The molecule has 0 N–H and O–H groups in total. The van der Waals surface area contributed by atoms with Crippen LogP contribution in [0.4, 0.5) is 0 Å². The largest absolute Gasteiger partial charge is 0.0596 e. The van der Waals surface area contributed by atoms with Crippen molar-refractivity contribution in [1.82, 2.24) is 0 Å². The number of rotatable bonds is 0. The second-order valence-corrected chi connectivity index (χ2v) is 24.0. The lowest BCUT2D eigenvalue weighted by Crippen LogP contribution is -3.39. The number of hydrogen-bond donors (Lipinski definition) is 0. The van der Waals surface area contributed by atoms with Crippen molar-refractivity contribution in [2.45, 2.75) is 166 Å². The minimum atomic E-state index is 0.184.